The van der Waals surface area contributed by atoms with Crippen LogP contribution in [0.2, 0.25) is 0 Å². The summed E-state index contributed by atoms with van der Waals surface area (Å²) in [5.74, 6) is 0.979. The molecule has 1 aromatic heterocycles. The summed E-state index contributed by atoms with van der Waals surface area (Å²) in [5, 5.41) is 3.24. The molecular weight excluding hydrogens is 198 g/mol. The largest absolute Gasteiger partial charge is 0.370 e. The van der Waals surface area contributed by atoms with Crippen LogP contribution in [0.4, 0.5) is 5.82 Å². The van der Waals surface area contributed by atoms with Crippen molar-refractivity contribution in [1.29, 1.82) is 0 Å². The fourth-order valence-electron chi connectivity index (χ4n) is 1.74. The lowest BCUT2D eigenvalue weighted by Crippen LogP contribution is -2.24. The molecule has 16 heavy (non-hydrogen) atoms. The van der Waals surface area contributed by atoms with Crippen molar-refractivity contribution in [1.82, 2.24) is 9.88 Å². The Morgan fingerprint density at radius 1 is 1.25 bits per heavy atom. The quantitative estimate of drug-likeness (QED) is 0.767. The molecular formula is C13H23N3. The highest BCUT2D eigenvalue weighted by Crippen LogP contribution is 2.07. The van der Waals surface area contributed by atoms with Gasteiger partial charge in [0.2, 0.25) is 0 Å². The molecule has 0 atom stereocenters. The van der Waals surface area contributed by atoms with Crippen LogP contribution in [-0.4, -0.2) is 29.5 Å². The zero-order valence-corrected chi connectivity index (χ0v) is 10.7. The van der Waals surface area contributed by atoms with E-state index in [9.17, 15) is 0 Å². The number of rotatable bonds is 7. The fourth-order valence-corrected chi connectivity index (χ4v) is 1.74. The third-order valence-corrected chi connectivity index (χ3v) is 2.54. The highest BCUT2D eigenvalue weighted by Gasteiger charge is 2.03. The van der Waals surface area contributed by atoms with Gasteiger partial charge in [0.05, 0.1) is 5.69 Å². The second-order valence-corrected chi connectivity index (χ2v) is 3.91. The minimum Gasteiger partial charge on any atom is -0.370 e. The number of nitrogens with zero attached hydrogens (tertiary/aromatic N) is 2. The molecule has 0 aliphatic heterocycles. The van der Waals surface area contributed by atoms with Crippen molar-refractivity contribution in [3.05, 3.63) is 23.9 Å². The molecule has 1 rings (SSSR count). The number of hydrogen-bond donors (Lipinski definition) is 1. The van der Waals surface area contributed by atoms with Crippen molar-refractivity contribution in [2.24, 2.45) is 0 Å². The molecule has 0 radical (unpaired) electrons. The highest BCUT2D eigenvalue weighted by atomic mass is 15.1. The third-order valence-electron chi connectivity index (χ3n) is 2.54. The molecule has 0 saturated heterocycles. The minimum atomic E-state index is 0.920. The van der Waals surface area contributed by atoms with Gasteiger partial charge < -0.3 is 5.32 Å². The molecule has 0 bridgehead atoms. The van der Waals surface area contributed by atoms with Crippen LogP contribution in [0.3, 0.4) is 0 Å². The Labute approximate surface area is 98.9 Å². The lowest BCUT2D eigenvalue weighted by molar-refractivity contribution is 0.277. The number of aromatic nitrogens is 1. The van der Waals surface area contributed by atoms with E-state index in [1.165, 1.54) is 6.42 Å². The van der Waals surface area contributed by atoms with Crippen LogP contribution in [-0.2, 0) is 6.54 Å². The first-order valence-corrected chi connectivity index (χ1v) is 6.22. The van der Waals surface area contributed by atoms with Crippen LogP contribution in [0.5, 0.6) is 0 Å². The minimum absolute atomic E-state index is 0.920. The van der Waals surface area contributed by atoms with Crippen LogP contribution >= 0.6 is 0 Å². The molecule has 0 aliphatic rings. The molecule has 3 heteroatoms. The first kappa shape index (κ1) is 13.0. The summed E-state index contributed by atoms with van der Waals surface area (Å²) >= 11 is 0. The van der Waals surface area contributed by atoms with Crippen LogP contribution in [0.25, 0.3) is 0 Å². The van der Waals surface area contributed by atoms with E-state index < -0.39 is 0 Å². The second-order valence-electron chi connectivity index (χ2n) is 3.91. The molecule has 0 unspecified atom stereocenters. The molecule has 1 aromatic rings. The Hall–Kier alpha value is -1.09. The normalized spacial score (nSPS) is 10.8. The van der Waals surface area contributed by atoms with Crippen molar-refractivity contribution in [2.45, 2.75) is 33.7 Å². The number of hydrogen-bond acceptors (Lipinski definition) is 3. The number of pyridine rings is 1. The van der Waals surface area contributed by atoms with Gasteiger partial charge >= 0.3 is 0 Å². The molecule has 0 aliphatic carbocycles. The Morgan fingerprint density at radius 2 is 2.06 bits per heavy atom. The first-order valence-electron chi connectivity index (χ1n) is 6.22. The van der Waals surface area contributed by atoms with E-state index in [0.29, 0.717) is 0 Å². The lowest BCUT2D eigenvalue weighted by Gasteiger charge is -2.19. The van der Waals surface area contributed by atoms with Gasteiger partial charge in [-0.2, -0.15) is 0 Å². The molecule has 0 fully saturated rings. The smallest absolute Gasteiger partial charge is 0.126 e. The van der Waals surface area contributed by atoms with Crippen LogP contribution in [0.15, 0.2) is 18.2 Å². The van der Waals surface area contributed by atoms with E-state index in [1.807, 2.05) is 6.07 Å². The summed E-state index contributed by atoms with van der Waals surface area (Å²) in [5.41, 5.74) is 1.15. The average Bonchev–Trinajstić information content (AvgIpc) is 2.29. The molecule has 1 N–H and O–H groups in total. The molecule has 90 valence electrons. The van der Waals surface area contributed by atoms with Crippen LogP contribution < -0.4 is 5.32 Å². The van der Waals surface area contributed by atoms with Gasteiger partial charge in [0.1, 0.15) is 5.82 Å². The number of nitrogens with one attached hydrogen (secondary N) is 1. The maximum atomic E-state index is 4.58. The van der Waals surface area contributed by atoms with Gasteiger partial charge in [-0.05, 0) is 38.6 Å². The van der Waals surface area contributed by atoms with Gasteiger partial charge in [-0.1, -0.05) is 19.9 Å². The predicted octanol–water partition coefficient (Wildman–Crippen LogP) is 2.75. The lowest BCUT2D eigenvalue weighted by atomic mass is 10.3. The Balaban J connectivity index is 2.60. The van der Waals surface area contributed by atoms with Gasteiger partial charge in [-0.3, -0.25) is 4.90 Å². The van der Waals surface area contributed by atoms with Gasteiger partial charge in [0, 0.05) is 13.1 Å². The summed E-state index contributed by atoms with van der Waals surface area (Å²) in [7, 11) is 0. The van der Waals surface area contributed by atoms with Gasteiger partial charge in [0.25, 0.3) is 0 Å². The molecule has 3 nitrogen and oxygen atoms in total. The van der Waals surface area contributed by atoms with Crippen LogP contribution in [0, 0.1) is 0 Å². The molecule has 0 spiro atoms. The fraction of sp³-hybridized carbons (Fsp3) is 0.615. The van der Waals surface area contributed by atoms with Crippen molar-refractivity contribution >= 4 is 5.82 Å². The average molecular weight is 221 g/mol. The van der Waals surface area contributed by atoms with Crippen molar-refractivity contribution < 1.29 is 0 Å². The Morgan fingerprint density at radius 3 is 2.69 bits per heavy atom. The third kappa shape index (κ3) is 4.19. The summed E-state index contributed by atoms with van der Waals surface area (Å²) < 4.78 is 0. The van der Waals surface area contributed by atoms with Crippen LogP contribution in [0.1, 0.15) is 32.9 Å². The Bertz CT molecular complexity index is 299. The molecule has 1 heterocycles. The zero-order chi connectivity index (χ0) is 11.8. The molecule has 0 aromatic carbocycles. The first-order chi connectivity index (χ1) is 7.80. The zero-order valence-electron chi connectivity index (χ0n) is 10.7. The maximum absolute atomic E-state index is 4.58. The summed E-state index contributed by atoms with van der Waals surface area (Å²) in [6, 6.07) is 6.18. The standard InChI is InChI=1S/C13H23N3/c1-4-10-16(6-3)11-12-8-7-9-13(15-12)14-5-2/h7-9H,4-6,10-11H2,1-3H3,(H,14,15). The van der Waals surface area contributed by atoms with Crippen molar-refractivity contribution in [3.8, 4) is 0 Å². The number of anilines is 1. The second kappa shape index (κ2) is 7.23. The highest BCUT2D eigenvalue weighted by molar-refractivity contribution is 5.34. The van der Waals surface area contributed by atoms with Gasteiger partial charge in [-0.15, -0.1) is 0 Å². The topological polar surface area (TPSA) is 28.2 Å². The summed E-state index contributed by atoms with van der Waals surface area (Å²) in [4.78, 5) is 6.99. The van der Waals surface area contributed by atoms with E-state index in [-0.39, 0.29) is 0 Å². The van der Waals surface area contributed by atoms with Gasteiger partial charge in [-0.25, -0.2) is 4.98 Å². The maximum Gasteiger partial charge on any atom is 0.126 e. The molecule has 0 amide bonds. The van der Waals surface area contributed by atoms with E-state index in [1.54, 1.807) is 0 Å². The van der Waals surface area contributed by atoms with Crippen molar-refractivity contribution in [3.63, 3.8) is 0 Å². The van der Waals surface area contributed by atoms with E-state index in [0.717, 1.165) is 37.7 Å². The summed E-state index contributed by atoms with van der Waals surface area (Å²) in [6.45, 7) is 10.6. The van der Waals surface area contributed by atoms with Gasteiger partial charge in [0.15, 0.2) is 0 Å². The van der Waals surface area contributed by atoms with E-state index in [2.05, 4.69) is 48.1 Å². The predicted molar refractivity (Wildman–Crippen MR) is 69.6 cm³/mol. The Kier molecular flexibility index (Phi) is 5.86. The summed E-state index contributed by atoms with van der Waals surface area (Å²) in [6.07, 6.45) is 1.20. The monoisotopic (exact) mass is 221 g/mol. The van der Waals surface area contributed by atoms with E-state index in [4.69, 9.17) is 0 Å². The SMILES string of the molecule is CCCN(CC)Cc1cccc(NCC)n1. The molecule has 0 saturated carbocycles. The van der Waals surface area contributed by atoms with E-state index >= 15 is 0 Å². The van der Waals surface area contributed by atoms with Crippen molar-refractivity contribution in [2.75, 3.05) is 25.0 Å².